The van der Waals surface area contributed by atoms with E-state index < -0.39 is 22.5 Å². The van der Waals surface area contributed by atoms with E-state index in [0.29, 0.717) is 5.75 Å². The van der Waals surface area contributed by atoms with Gasteiger partial charge in [-0.1, -0.05) is 41.5 Å². The molecule has 1 amide bonds. The summed E-state index contributed by atoms with van der Waals surface area (Å²) < 4.78 is 33.1. The van der Waals surface area contributed by atoms with E-state index in [-0.39, 0.29) is 10.6 Å². The van der Waals surface area contributed by atoms with Gasteiger partial charge in [-0.3, -0.25) is 4.79 Å². The summed E-state index contributed by atoms with van der Waals surface area (Å²) in [6.07, 6.45) is 0. The van der Waals surface area contributed by atoms with Gasteiger partial charge in [0.25, 0.3) is 15.9 Å². The number of nitrogens with zero attached hydrogens (tertiary/aromatic N) is 1. The number of hydrogen-bond acceptors (Lipinski definition) is 4. The zero-order valence-corrected chi connectivity index (χ0v) is 18.4. The van der Waals surface area contributed by atoms with Crippen LogP contribution in [0.1, 0.15) is 22.3 Å². The van der Waals surface area contributed by atoms with Gasteiger partial charge >= 0.3 is 0 Å². The van der Waals surface area contributed by atoms with Gasteiger partial charge in [0.2, 0.25) is 0 Å². The Balaban J connectivity index is 1.95. The minimum Gasteiger partial charge on any atom is -0.484 e. The molecule has 3 aromatic carbocycles. The van der Waals surface area contributed by atoms with Gasteiger partial charge in [-0.05, 0) is 75.2 Å². The first-order valence-electron chi connectivity index (χ1n) is 9.59. The number of sulfonamides is 1. The lowest BCUT2D eigenvalue weighted by molar-refractivity contribution is -0.119. The predicted octanol–water partition coefficient (Wildman–Crippen LogP) is 4.72. The lowest BCUT2D eigenvalue weighted by Crippen LogP contribution is -2.40. The monoisotopic (exact) mass is 423 g/mol. The minimum absolute atomic E-state index is 0.0495. The Hall–Kier alpha value is -3.12. The molecule has 0 aliphatic heterocycles. The number of anilines is 1. The summed E-state index contributed by atoms with van der Waals surface area (Å²) in [5.74, 6) is -0.143. The molecule has 0 unspecified atom stereocenters. The maximum atomic E-state index is 13.3. The zero-order valence-electron chi connectivity index (χ0n) is 17.5. The van der Waals surface area contributed by atoms with E-state index in [0.717, 1.165) is 26.6 Å². The smallest absolute Gasteiger partial charge is 0.278 e. The van der Waals surface area contributed by atoms with Crippen LogP contribution in [0.2, 0.25) is 0 Å². The molecule has 0 aromatic heterocycles. The van der Waals surface area contributed by atoms with Crippen molar-refractivity contribution in [2.75, 3.05) is 10.9 Å². The first-order valence-corrected chi connectivity index (χ1v) is 11.0. The van der Waals surface area contributed by atoms with Crippen LogP contribution in [0.3, 0.4) is 0 Å². The van der Waals surface area contributed by atoms with Crippen LogP contribution in [0.15, 0.2) is 71.6 Å². The summed E-state index contributed by atoms with van der Waals surface area (Å²) in [7, 11) is -4.10. The SMILES string of the molecule is Cc1ccc(N(C(=O)COc2cc(C)cc(C)c2)S(=O)(=O)c2ccc(C)cc2)cc1. The molecule has 0 saturated heterocycles. The van der Waals surface area contributed by atoms with E-state index in [2.05, 4.69) is 0 Å². The van der Waals surface area contributed by atoms with Crippen molar-refractivity contribution in [2.24, 2.45) is 0 Å². The Kier molecular flexibility index (Phi) is 6.27. The minimum atomic E-state index is -4.10. The van der Waals surface area contributed by atoms with Gasteiger partial charge in [0, 0.05) is 0 Å². The summed E-state index contributed by atoms with van der Waals surface area (Å²) in [4.78, 5) is 13.1. The molecular formula is C24H25NO4S. The predicted molar refractivity (Wildman–Crippen MR) is 118 cm³/mol. The number of rotatable bonds is 6. The second kappa shape index (κ2) is 8.71. The summed E-state index contributed by atoms with van der Waals surface area (Å²) in [6.45, 7) is 7.23. The average molecular weight is 424 g/mol. The molecular weight excluding hydrogens is 398 g/mol. The van der Waals surface area contributed by atoms with Crippen molar-refractivity contribution in [2.45, 2.75) is 32.6 Å². The Morgan fingerprint density at radius 2 is 1.27 bits per heavy atom. The number of benzene rings is 3. The summed E-state index contributed by atoms with van der Waals surface area (Å²) >= 11 is 0. The van der Waals surface area contributed by atoms with Crippen molar-refractivity contribution >= 4 is 21.6 Å². The molecule has 156 valence electrons. The van der Waals surface area contributed by atoms with Gasteiger partial charge in [-0.2, -0.15) is 4.31 Å². The molecule has 0 saturated carbocycles. The van der Waals surface area contributed by atoms with Gasteiger partial charge in [0.05, 0.1) is 10.6 Å². The van der Waals surface area contributed by atoms with E-state index in [1.54, 1.807) is 36.4 Å². The number of carbonyl (C=O) groups excluding carboxylic acids is 1. The second-order valence-electron chi connectivity index (χ2n) is 7.42. The van der Waals surface area contributed by atoms with Crippen LogP contribution >= 0.6 is 0 Å². The third-order valence-electron chi connectivity index (χ3n) is 4.61. The number of amides is 1. The van der Waals surface area contributed by atoms with E-state index in [1.165, 1.54) is 12.1 Å². The van der Waals surface area contributed by atoms with E-state index in [4.69, 9.17) is 4.74 Å². The Morgan fingerprint density at radius 3 is 1.80 bits per heavy atom. The van der Waals surface area contributed by atoms with Crippen LogP contribution in [0.25, 0.3) is 0 Å². The molecule has 30 heavy (non-hydrogen) atoms. The van der Waals surface area contributed by atoms with Crippen LogP contribution in [-0.4, -0.2) is 20.9 Å². The molecule has 0 bridgehead atoms. The second-order valence-corrected chi connectivity index (χ2v) is 9.21. The van der Waals surface area contributed by atoms with E-state index >= 15 is 0 Å². The van der Waals surface area contributed by atoms with Crippen molar-refractivity contribution in [3.63, 3.8) is 0 Å². The number of hydrogen-bond donors (Lipinski definition) is 0. The largest absolute Gasteiger partial charge is 0.484 e. The van der Waals surface area contributed by atoms with E-state index in [9.17, 15) is 13.2 Å². The fraction of sp³-hybridized carbons (Fsp3) is 0.208. The maximum Gasteiger partial charge on any atom is 0.278 e. The molecule has 0 atom stereocenters. The number of aryl methyl sites for hydroxylation is 4. The molecule has 0 spiro atoms. The highest BCUT2D eigenvalue weighted by Gasteiger charge is 2.31. The molecule has 0 heterocycles. The lowest BCUT2D eigenvalue weighted by Gasteiger charge is -2.23. The van der Waals surface area contributed by atoms with Crippen molar-refractivity contribution in [3.05, 3.63) is 89.0 Å². The van der Waals surface area contributed by atoms with Crippen LogP contribution < -0.4 is 9.04 Å². The third kappa shape index (κ3) is 4.89. The highest BCUT2D eigenvalue weighted by molar-refractivity contribution is 7.93. The highest BCUT2D eigenvalue weighted by Crippen LogP contribution is 2.25. The van der Waals surface area contributed by atoms with Crippen LogP contribution in [0.4, 0.5) is 5.69 Å². The van der Waals surface area contributed by atoms with Crippen LogP contribution in [0, 0.1) is 27.7 Å². The molecule has 3 rings (SSSR count). The van der Waals surface area contributed by atoms with E-state index in [1.807, 2.05) is 45.9 Å². The molecule has 6 heteroatoms. The fourth-order valence-electron chi connectivity index (χ4n) is 3.13. The van der Waals surface area contributed by atoms with Crippen molar-refractivity contribution in [1.29, 1.82) is 0 Å². The number of carbonyl (C=O) groups is 1. The fourth-order valence-corrected chi connectivity index (χ4v) is 4.54. The molecule has 0 aliphatic carbocycles. The van der Waals surface area contributed by atoms with Crippen LogP contribution in [-0.2, 0) is 14.8 Å². The molecule has 0 aliphatic rings. The zero-order chi connectivity index (χ0) is 21.9. The topological polar surface area (TPSA) is 63.7 Å². The summed E-state index contributed by atoms with van der Waals surface area (Å²) in [6, 6.07) is 18.8. The van der Waals surface area contributed by atoms with Gasteiger partial charge in [0.15, 0.2) is 6.61 Å². The molecule has 5 nitrogen and oxygen atoms in total. The Morgan fingerprint density at radius 1 is 0.767 bits per heavy atom. The molecule has 0 radical (unpaired) electrons. The van der Waals surface area contributed by atoms with Gasteiger partial charge < -0.3 is 4.74 Å². The average Bonchev–Trinajstić information content (AvgIpc) is 2.67. The highest BCUT2D eigenvalue weighted by atomic mass is 32.2. The lowest BCUT2D eigenvalue weighted by atomic mass is 10.1. The van der Waals surface area contributed by atoms with Crippen LogP contribution in [0.5, 0.6) is 5.75 Å². The van der Waals surface area contributed by atoms with Gasteiger partial charge in [-0.25, -0.2) is 8.42 Å². The third-order valence-corrected chi connectivity index (χ3v) is 6.37. The molecule has 0 N–H and O–H groups in total. The Bertz CT molecular complexity index is 1130. The Labute approximate surface area is 178 Å². The summed E-state index contributed by atoms with van der Waals surface area (Å²) in [5.41, 5.74) is 4.17. The summed E-state index contributed by atoms with van der Waals surface area (Å²) in [5, 5.41) is 0. The molecule has 0 fully saturated rings. The number of ether oxygens (including phenoxy) is 1. The quantitative estimate of drug-likeness (QED) is 0.575. The first-order chi connectivity index (χ1) is 14.2. The van der Waals surface area contributed by atoms with Gasteiger partial charge in [0.1, 0.15) is 5.75 Å². The van der Waals surface area contributed by atoms with Crippen molar-refractivity contribution in [1.82, 2.24) is 0 Å². The maximum absolute atomic E-state index is 13.3. The van der Waals surface area contributed by atoms with Crippen molar-refractivity contribution < 1.29 is 17.9 Å². The van der Waals surface area contributed by atoms with Crippen molar-refractivity contribution in [3.8, 4) is 5.75 Å². The first kappa shape index (κ1) is 21.6. The molecule has 3 aromatic rings. The normalized spacial score (nSPS) is 11.2. The van der Waals surface area contributed by atoms with Gasteiger partial charge in [-0.15, -0.1) is 0 Å². The standard InChI is InChI=1S/C24H25NO4S/c1-17-5-9-21(10-6-17)25(30(27,28)23-11-7-18(2)8-12-23)24(26)16-29-22-14-19(3)13-20(4)15-22/h5-15H,16H2,1-4H3.